The summed E-state index contributed by atoms with van der Waals surface area (Å²) in [6.07, 6.45) is -4.65. The summed E-state index contributed by atoms with van der Waals surface area (Å²) in [7, 11) is 0. The maximum atomic E-state index is 11.7. The smallest absolute Gasteiger partial charge is 0.406 e. The maximum absolute atomic E-state index is 11.7. The molecule has 0 heterocycles. The molecule has 0 aliphatic heterocycles. The van der Waals surface area contributed by atoms with Gasteiger partial charge in [0, 0.05) is 6.54 Å². The Morgan fingerprint density at radius 2 is 1.62 bits per heavy atom. The lowest BCUT2D eigenvalue weighted by molar-refractivity contribution is -0.274. The van der Waals surface area contributed by atoms with Crippen LogP contribution in [-0.2, 0) is 6.54 Å². The van der Waals surface area contributed by atoms with Gasteiger partial charge in [0.05, 0.1) is 0 Å². The fourth-order valence-electron chi connectivity index (χ4n) is 0.927. The first-order valence-corrected chi connectivity index (χ1v) is 3.79. The molecule has 16 heavy (non-hydrogen) atoms. The van der Waals surface area contributed by atoms with E-state index in [4.69, 9.17) is 5.84 Å². The molecule has 0 radical (unpaired) electrons. The van der Waals surface area contributed by atoms with E-state index in [1.807, 2.05) is 0 Å². The van der Waals surface area contributed by atoms with Gasteiger partial charge in [-0.3, -0.25) is 11.3 Å². The van der Waals surface area contributed by atoms with Gasteiger partial charge in [-0.2, -0.15) is 0 Å². The molecule has 0 saturated carbocycles. The minimum absolute atomic E-state index is 0. The number of benzene rings is 1. The van der Waals surface area contributed by atoms with Crippen LogP contribution in [0, 0.1) is 0 Å². The maximum Gasteiger partial charge on any atom is 0.573 e. The summed E-state index contributed by atoms with van der Waals surface area (Å²) in [5.74, 6) is 4.80. The van der Waals surface area contributed by atoms with E-state index in [-0.39, 0.29) is 30.6 Å². The van der Waals surface area contributed by atoms with Gasteiger partial charge >= 0.3 is 6.36 Å². The number of hydrogen-bond donors (Lipinski definition) is 2. The summed E-state index contributed by atoms with van der Waals surface area (Å²) in [5, 5.41) is 0. The third-order valence-electron chi connectivity index (χ3n) is 1.46. The first-order valence-electron chi connectivity index (χ1n) is 3.79. The number of halogens is 5. The van der Waals surface area contributed by atoms with E-state index in [1.54, 1.807) is 0 Å². The normalized spacial score (nSPS) is 10.0. The Bertz CT molecular complexity index is 292. The van der Waals surface area contributed by atoms with Crippen LogP contribution in [0.4, 0.5) is 13.2 Å². The number of nitrogens with one attached hydrogen (secondary N) is 1. The second kappa shape index (κ2) is 7.56. The van der Waals surface area contributed by atoms with Crippen molar-refractivity contribution in [1.82, 2.24) is 5.43 Å². The van der Waals surface area contributed by atoms with Crippen molar-refractivity contribution in [3.8, 4) is 5.75 Å². The molecule has 0 aliphatic rings. The van der Waals surface area contributed by atoms with Crippen LogP contribution in [0.5, 0.6) is 5.75 Å². The fourth-order valence-corrected chi connectivity index (χ4v) is 0.927. The highest BCUT2D eigenvalue weighted by atomic mass is 35.5. The van der Waals surface area contributed by atoms with Crippen molar-refractivity contribution in [1.29, 1.82) is 0 Å². The molecule has 3 N–H and O–H groups in total. The summed E-state index contributed by atoms with van der Waals surface area (Å²) in [6, 6.07) is 5.47. The van der Waals surface area contributed by atoms with E-state index in [0.717, 1.165) is 5.56 Å². The topological polar surface area (TPSA) is 47.3 Å². The number of rotatable bonds is 3. The zero-order valence-corrected chi connectivity index (χ0v) is 9.59. The number of hydrogen-bond acceptors (Lipinski definition) is 3. The molecule has 0 aromatic heterocycles. The molecule has 0 bridgehead atoms. The molecule has 3 nitrogen and oxygen atoms in total. The van der Waals surface area contributed by atoms with Crippen LogP contribution in [-0.4, -0.2) is 6.36 Å². The van der Waals surface area contributed by atoms with Crippen molar-refractivity contribution in [2.24, 2.45) is 5.84 Å². The molecule has 0 fully saturated rings. The van der Waals surface area contributed by atoms with Crippen molar-refractivity contribution in [3.05, 3.63) is 29.8 Å². The Kier molecular flexibility index (Phi) is 8.36. The quantitative estimate of drug-likeness (QED) is 0.659. The Morgan fingerprint density at radius 1 is 1.12 bits per heavy atom. The molecule has 0 amide bonds. The third-order valence-corrected chi connectivity index (χ3v) is 1.46. The van der Waals surface area contributed by atoms with Gasteiger partial charge < -0.3 is 4.74 Å². The SMILES string of the molecule is Cl.Cl.NNCc1ccc(OC(F)(F)F)cc1. The molecule has 0 aliphatic carbocycles. The highest BCUT2D eigenvalue weighted by Gasteiger charge is 2.30. The minimum Gasteiger partial charge on any atom is -0.406 e. The lowest BCUT2D eigenvalue weighted by Crippen LogP contribution is -2.21. The zero-order chi connectivity index (χ0) is 10.6. The number of alkyl halides is 3. The third kappa shape index (κ3) is 6.73. The second-order valence-electron chi connectivity index (χ2n) is 2.57. The molecule has 1 aromatic carbocycles. The Morgan fingerprint density at radius 3 is 2.00 bits per heavy atom. The zero-order valence-electron chi connectivity index (χ0n) is 7.95. The lowest BCUT2D eigenvalue weighted by atomic mass is 10.2. The Balaban J connectivity index is 0. The first-order chi connectivity index (χ1) is 6.51. The van der Waals surface area contributed by atoms with E-state index < -0.39 is 6.36 Å². The average Bonchev–Trinajstić information content (AvgIpc) is 2.06. The van der Waals surface area contributed by atoms with Crippen molar-refractivity contribution in [2.75, 3.05) is 0 Å². The predicted molar refractivity (Wildman–Crippen MR) is 58.6 cm³/mol. The Labute approximate surface area is 103 Å². The molecule has 1 aromatic rings. The van der Waals surface area contributed by atoms with Crippen LogP contribution >= 0.6 is 24.8 Å². The monoisotopic (exact) mass is 278 g/mol. The average molecular weight is 279 g/mol. The standard InChI is InChI=1S/C8H9F3N2O.2ClH/c9-8(10,11)14-7-3-1-6(2-4-7)5-13-12;;/h1-4,13H,5,12H2;2*1H. The predicted octanol–water partition coefficient (Wildman–Crippen LogP) is 2.39. The molecule has 94 valence electrons. The molecule has 0 atom stereocenters. The highest BCUT2D eigenvalue weighted by molar-refractivity contribution is 5.85. The Hall–Kier alpha value is -0.690. The molecular weight excluding hydrogens is 268 g/mol. The molecule has 0 spiro atoms. The van der Waals surface area contributed by atoms with Gasteiger partial charge in [0.1, 0.15) is 5.75 Å². The molecule has 0 saturated heterocycles. The van der Waals surface area contributed by atoms with Crippen LogP contribution in [0.1, 0.15) is 5.56 Å². The number of ether oxygens (including phenoxy) is 1. The van der Waals surface area contributed by atoms with Gasteiger partial charge in [0.25, 0.3) is 0 Å². The lowest BCUT2D eigenvalue weighted by Gasteiger charge is -2.08. The van der Waals surface area contributed by atoms with Crippen LogP contribution in [0.15, 0.2) is 24.3 Å². The van der Waals surface area contributed by atoms with Gasteiger partial charge in [-0.1, -0.05) is 12.1 Å². The van der Waals surface area contributed by atoms with E-state index >= 15 is 0 Å². The van der Waals surface area contributed by atoms with E-state index in [1.165, 1.54) is 24.3 Å². The first kappa shape index (κ1) is 17.7. The number of hydrazine groups is 1. The van der Waals surface area contributed by atoms with Gasteiger partial charge in [0.15, 0.2) is 0 Å². The van der Waals surface area contributed by atoms with Crippen LogP contribution in [0.25, 0.3) is 0 Å². The molecule has 8 heteroatoms. The van der Waals surface area contributed by atoms with Crippen LogP contribution in [0.3, 0.4) is 0 Å². The molecule has 1 rings (SSSR count). The van der Waals surface area contributed by atoms with Crippen molar-refractivity contribution < 1.29 is 17.9 Å². The minimum atomic E-state index is -4.65. The van der Waals surface area contributed by atoms with Gasteiger partial charge in [-0.05, 0) is 17.7 Å². The summed E-state index contributed by atoms with van der Waals surface area (Å²) in [6.45, 7) is 0.395. The van der Waals surface area contributed by atoms with Crippen molar-refractivity contribution in [3.63, 3.8) is 0 Å². The van der Waals surface area contributed by atoms with E-state index in [9.17, 15) is 13.2 Å². The van der Waals surface area contributed by atoms with Gasteiger partial charge in [-0.25, -0.2) is 0 Å². The van der Waals surface area contributed by atoms with Gasteiger partial charge in [0.2, 0.25) is 0 Å². The van der Waals surface area contributed by atoms with Crippen LogP contribution in [0.2, 0.25) is 0 Å². The van der Waals surface area contributed by atoms with E-state index in [2.05, 4.69) is 10.2 Å². The van der Waals surface area contributed by atoms with E-state index in [0.29, 0.717) is 6.54 Å². The van der Waals surface area contributed by atoms with Crippen molar-refractivity contribution >= 4 is 24.8 Å². The molecule has 0 unspecified atom stereocenters. The molecular formula is C8H11Cl2F3N2O. The summed E-state index contributed by atoms with van der Waals surface area (Å²) in [4.78, 5) is 0. The summed E-state index contributed by atoms with van der Waals surface area (Å²) in [5.41, 5.74) is 3.17. The highest BCUT2D eigenvalue weighted by Crippen LogP contribution is 2.22. The van der Waals surface area contributed by atoms with Crippen molar-refractivity contribution in [2.45, 2.75) is 12.9 Å². The largest absolute Gasteiger partial charge is 0.573 e. The summed E-state index contributed by atoms with van der Waals surface area (Å²) < 4.78 is 38.9. The summed E-state index contributed by atoms with van der Waals surface area (Å²) >= 11 is 0. The van der Waals surface area contributed by atoms with Crippen LogP contribution < -0.4 is 16.0 Å². The fraction of sp³-hybridized carbons (Fsp3) is 0.250. The second-order valence-corrected chi connectivity index (χ2v) is 2.57. The van der Waals surface area contributed by atoms with Gasteiger partial charge in [-0.15, -0.1) is 38.0 Å². The number of nitrogens with two attached hydrogens (primary N) is 1.